The van der Waals surface area contributed by atoms with Gasteiger partial charge in [-0.3, -0.25) is 9.69 Å². The summed E-state index contributed by atoms with van der Waals surface area (Å²) in [6.45, 7) is 6.38. The normalized spacial score (nSPS) is 24.2. The van der Waals surface area contributed by atoms with Gasteiger partial charge in [0, 0.05) is 53.7 Å². The molecule has 0 aliphatic carbocycles. The van der Waals surface area contributed by atoms with E-state index in [0.717, 1.165) is 41.2 Å². The number of anilines is 1. The van der Waals surface area contributed by atoms with Crippen molar-refractivity contribution in [2.24, 2.45) is 4.36 Å². The average molecular weight is 518 g/mol. The van der Waals surface area contributed by atoms with Gasteiger partial charge in [0.25, 0.3) is 0 Å². The fourth-order valence-corrected chi connectivity index (χ4v) is 6.45. The third-order valence-electron chi connectivity index (χ3n) is 7.24. The zero-order valence-corrected chi connectivity index (χ0v) is 22.0. The topological polar surface area (TPSA) is 79.6 Å². The third-order valence-corrected chi connectivity index (χ3v) is 8.44. The number of carbonyl (C=O) groups is 1. The van der Waals surface area contributed by atoms with E-state index < -0.39 is 15.6 Å². The van der Waals surface area contributed by atoms with Gasteiger partial charge in [0.05, 0.1) is 32.5 Å². The van der Waals surface area contributed by atoms with Gasteiger partial charge in [-0.25, -0.2) is 13.3 Å². The van der Waals surface area contributed by atoms with Gasteiger partial charge in [-0.2, -0.15) is 9.46 Å². The Morgan fingerprint density at radius 2 is 1.89 bits per heavy atom. The monoisotopic (exact) mass is 517 g/mol. The number of benzene rings is 2. The van der Waals surface area contributed by atoms with Gasteiger partial charge < -0.3 is 5.32 Å². The number of aryl methyl sites for hydroxylation is 2. The largest absolute Gasteiger partial charge is 0.310 e. The van der Waals surface area contributed by atoms with Crippen LogP contribution in [-0.2, 0) is 20.9 Å². The van der Waals surface area contributed by atoms with Crippen molar-refractivity contribution in [3.05, 3.63) is 87.5 Å². The molecule has 0 fully saturated rings. The van der Waals surface area contributed by atoms with E-state index in [2.05, 4.69) is 16.6 Å². The van der Waals surface area contributed by atoms with Crippen LogP contribution < -0.4 is 10.2 Å². The molecule has 4 heterocycles. The molecule has 6 rings (SSSR count). The van der Waals surface area contributed by atoms with Crippen LogP contribution in [0.2, 0.25) is 0 Å². The van der Waals surface area contributed by atoms with Crippen molar-refractivity contribution in [2.45, 2.75) is 39.2 Å². The Hall–Kier alpha value is -3.56. The summed E-state index contributed by atoms with van der Waals surface area (Å²) >= 11 is 0. The number of hydrogen-bond donors (Lipinski definition) is 1. The van der Waals surface area contributed by atoms with E-state index in [1.54, 1.807) is 60.9 Å². The quantitative estimate of drug-likeness (QED) is 0.518. The maximum absolute atomic E-state index is 14.4. The number of fused-ring (bicyclic) bond motifs is 2. The molecule has 3 aliphatic heterocycles. The molecule has 1 amide bonds. The van der Waals surface area contributed by atoms with Gasteiger partial charge in [0.1, 0.15) is 11.7 Å². The van der Waals surface area contributed by atoms with E-state index in [9.17, 15) is 13.4 Å². The molecule has 0 bridgehead atoms. The molecule has 0 saturated heterocycles. The minimum Gasteiger partial charge on any atom is -0.310 e. The van der Waals surface area contributed by atoms with Crippen LogP contribution in [0, 0.1) is 19.7 Å². The zero-order valence-electron chi connectivity index (χ0n) is 21.2. The molecule has 3 atom stereocenters. The summed E-state index contributed by atoms with van der Waals surface area (Å²) in [7, 11) is -2.37. The SMILES string of the molecule is Cc1cc(-n2nc3c(c2C2C=CN(c4ccc5c(c4)C=CS(C)(=O)=N5)C2=O)[C@H](C)NCC3)cc(C)c1F. The van der Waals surface area contributed by atoms with Gasteiger partial charge >= 0.3 is 0 Å². The zero-order chi connectivity index (χ0) is 26.1. The minimum absolute atomic E-state index is 0.0322. The van der Waals surface area contributed by atoms with Crippen molar-refractivity contribution >= 4 is 33.1 Å². The molecule has 37 heavy (non-hydrogen) atoms. The number of halogens is 1. The van der Waals surface area contributed by atoms with Crippen molar-refractivity contribution in [2.75, 3.05) is 17.7 Å². The minimum atomic E-state index is -2.37. The highest BCUT2D eigenvalue weighted by Crippen LogP contribution is 2.39. The number of carbonyl (C=O) groups excluding carboxylic acids is 1. The standard InChI is InChI=1S/C28H28FN5O2S/c1-16-13-21(14-17(2)26(16)29)34-27(25-18(3)30-10-7-24(25)31-34)22-8-11-33(28(22)35)20-5-6-23-19(15-20)9-12-37(4,36)32-23/h5-6,8-9,11-15,18,22,30H,7,10H2,1-4H3/t18-,22?,37?/m0/s1. The molecule has 3 aliphatic rings. The Labute approximate surface area is 215 Å². The second-order valence-corrected chi connectivity index (χ2v) is 12.2. The molecule has 1 N–H and O–H groups in total. The first-order valence-corrected chi connectivity index (χ1v) is 14.3. The van der Waals surface area contributed by atoms with Crippen molar-refractivity contribution < 1.29 is 13.4 Å². The number of aromatic nitrogens is 2. The molecule has 0 saturated carbocycles. The fraction of sp³-hybridized carbons (Fsp3) is 0.286. The van der Waals surface area contributed by atoms with Crippen molar-refractivity contribution in [1.82, 2.24) is 15.1 Å². The van der Waals surface area contributed by atoms with E-state index in [-0.39, 0.29) is 17.8 Å². The first-order chi connectivity index (χ1) is 17.6. The summed E-state index contributed by atoms with van der Waals surface area (Å²) in [6, 6.07) is 9.12. The van der Waals surface area contributed by atoms with Crippen LogP contribution in [0.15, 0.2) is 52.4 Å². The molecule has 0 radical (unpaired) electrons. The molecule has 2 aromatic carbocycles. The molecule has 3 aromatic rings. The Bertz CT molecular complexity index is 1640. The predicted octanol–water partition coefficient (Wildman–Crippen LogP) is 5.19. The van der Waals surface area contributed by atoms with Crippen LogP contribution in [0.4, 0.5) is 15.8 Å². The van der Waals surface area contributed by atoms with Crippen LogP contribution in [0.25, 0.3) is 11.8 Å². The van der Waals surface area contributed by atoms with Crippen LogP contribution in [0.5, 0.6) is 0 Å². The number of nitrogens with zero attached hydrogens (tertiary/aromatic N) is 4. The fourth-order valence-electron chi connectivity index (χ4n) is 5.43. The van der Waals surface area contributed by atoms with Gasteiger partial charge in [-0.15, -0.1) is 0 Å². The molecular formula is C28H28FN5O2S. The molecule has 0 spiro atoms. The smallest absolute Gasteiger partial charge is 0.244 e. The number of nitrogens with one attached hydrogen (secondary N) is 1. The van der Waals surface area contributed by atoms with E-state index in [4.69, 9.17) is 5.10 Å². The summed E-state index contributed by atoms with van der Waals surface area (Å²) < 4.78 is 32.9. The van der Waals surface area contributed by atoms with Gasteiger partial charge in [-0.05, 0) is 74.4 Å². The Balaban J connectivity index is 1.43. The van der Waals surface area contributed by atoms with Gasteiger partial charge in [0.15, 0.2) is 0 Å². The maximum Gasteiger partial charge on any atom is 0.244 e. The number of hydrogen-bond acceptors (Lipinski definition) is 5. The Morgan fingerprint density at radius 3 is 2.65 bits per heavy atom. The molecule has 2 unspecified atom stereocenters. The molecule has 9 heteroatoms. The lowest BCUT2D eigenvalue weighted by molar-refractivity contribution is -0.118. The molecule has 190 valence electrons. The summed E-state index contributed by atoms with van der Waals surface area (Å²) in [5.41, 5.74) is 6.81. The number of rotatable bonds is 3. The van der Waals surface area contributed by atoms with Crippen molar-refractivity contribution in [1.29, 1.82) is 0 Å². The predicted molar refractivity (Wildman–Crippen MR) is 144 cm³/mol. The molecular weight excluding hydrogens is 489 g/mol. The lowest BCUT2D eigenvalue weighted by Gasteiger charge is -2.24. The number of amides is 1. The van der Waals surface area contributed by atoms with E-state index in [0.29, 0.717) is 22.5 Å². The van der Waals surface area contributed by atoms with E-state index in [1.807, 2.05) is 22.9 Å². The van der Waals surface area contributed by atoms with Crippen LogP contribution >= 0.6 is 0 Å². The summed E-state index contributed by atoms with van der Waals surface area (Å²) in [5.74, 6) is -0.865. The average Bonchev–Trinajstić information content (AvgIpc) is 3.42. The van der Waals surface area contributed by atoms with Crippen LogP contribution in [0.3, 0.4) is 0 Å². The second-order valence-electron chi connectivity index (χ2n) is 10.0. The molecule has 7 nitrogen and oxygen atoms in total. The van der Waals surface area contributed by atoms with E-state index in [1.165, 1.54) is 0 Å². The summed E-state index contributed by atoms with van der Waals surface area (Å²) in [4.78, 5) is 15.5. The van der Waals surface area contributed by atoms with E-state index >= 15 is 0 Å². The van der Waals surface area contributed by atoms with Crippen molar-refractivity contribution in [3.63, 3.8) is 0 Å². The van der Waals surface area contributed by atoms with Crippen LogP contribution in [-0.4, -0.2) is 32.7 Å². The molecule has 1 aromatic heterocycles. The highest BCUT2D eigenvalue weighted by Gasteiger charge is 2.37. The Morgan fingerprint density at radius 1 is 1.14 bits per heavy atom. The summed E-state index contributed by atoms with van der Waals surface area (Å²) in [6.07, 6.45) is 7.86. The first-order valence-electron chi connectivity index (χ1n) is 12.3. The van der Waals surface area contributed by atoms with Gasteiger partial charge in [-0.1, -0.05) is 0 Å². The summed E-state index contributed by atoms with van der Waals surface area (Å²) in [5, 5.41) is 10.0. The second kappa shape index (κ2) is 8.49. The Kier molecular flexibility index (Phi) is 5.47. The lowest BCUT2D eigenvalue weighted by atomic mass is 9.93. The maximum atomic E-state index is 14.4. The highest BCUT2D eigenvalue weighted by atomic mass is 32.2. The van der Waals surface area contributed by atoms with Crippen LogP contribution in [0.1, 0.15) is 52.5 Å². The first kappa shape index (κ1) is 23.8. The highest BCUT2D eigenvalue weighted by molar-refractivity contribution is 7.96. The van der Waals surface area contributed by atoms with Crippen molar-refractivity contribution in [3.8, 4) is 5.69 Å². The van der Waals surface area contributed by atoms with Gasteiger partial charge in [0.2, 0.25) is 5.91 Å². The third kappa shape index (κ3) is 3.93. The lowest BCUT2D eigenvalue weighted by Crippen LogP contribution is -2.30.